The molecule has 3 rings (SSSR count). The standard InChI is InChI=1S/C17H23N3O/c1-13-17(14(2)21-19-13)12-18-11-15-5-7-16(8-6-15)20-9-3-4-10-20/h5-8,18H,3-4,9-12H2,1-2H3. The average molecular weight is 285 g/mol. The van der Waals surface area contributed by atoms with Crippen molar-refractivity contribution in [3.63, 3.8) is 0 Å². The molecule has 0 bridgehead atoms. The van der Waals surface area contributed by atoms with Gasteiger partial charge in [0.1, 0.15) is 5.76 Å². The van der Waals surface area contributed by atoms with Crippen molar-refractivity contribution in [3.05, 3.63) is 46.8 Å². The van der Waals surface area contributed by atoms with Gasteiger partial charge in [0.25, 0.3) is 0 Å². The van der Waals surface area contributed by atoms with E-state index in [0.29, 0.717) is 0 Å². The summed E-state index contributed by atoms with van der Waals surface area (Å²) in [5, 5.41) is 7.44. The lowest BCUT2D eigenvalue weighted by molar-refractivity contribution is 0.392. The van der Waals surface area contributed by atoms with Crippen molar-refractivity contribution in [2.75, 3.05) is 18.0 Å². The van der Waals surface area contributed by atoms with Crippen LogP contribution in [0.4, 0.5) is 5.69 Å². The molecule has 4 heteroatoms. The van der Waals surface area contributed by atoms with Gasteiger partial charge in [-0.05, 0) is 44.4 Å². The van der Waals surface area contributed by atoms with Crippen LogP contribution < -0.4 is 10.2 Å². The molecule has 0 aliphatic carbocycles. The molecule has 2 aromatic rings. The summed E-state index contributed by atoms with van der Waals surface area (Å²) in [6, 6.07) is 8.90. The van der Waals surface area contributed by atoms with Crippen LogP contribution in [0.3, 0.4) is 0 Å². The summed E-state index contributed by atoms with van der Waals surface area (Å²) < 4.78 is 5.18. The van der Waals surface area contributed by atoms with E-state index in [-0.39, 0.29) is 0 Å². The lowest BCUT2D eigenvalue weighted by atomic mass is 10.1. The number of aromatic nitrogens is 1. The van der Waals surface area contributed by atoms with Crippen molar-refractivity contribution in [2.24, 2.45) is 0 Å². The number of nitrogens with one attached hydrogen (secondary N) is 1. The van der Waals surface area contributed by atoms with E-state index in [1.165, 1.54) is 42.7 Å². The first kappa shape index (κ1) is 14.1. The zero-order valence-corrected chi connectivity index (χ0v) is 12.9. The summed E-state index contributed by atoms with van der Waals surface area (Å²) in [6.07, 6.45) is 2.64. The summed E-state index contributed by atoms with van der Waals surface area (Å²) in [4.78, 5) is 2.46. The van der Waals surface area contributed by atoms with Crippen LogP contribution in [0.25, 0.3) is 0 Å². The van der Waals surface area contributed by atoms with Gasteiger partial charge in [0.05, 0.1) is 5.69 Å². The van der Waals surface area contributed by atoms with Gasteiger partial charge < -0.3 is 14.7 Å². The molecule has 2 heterocycles. The second kappa shape index (κ2) is 6.31. The summed E-state index contributed by atoms with van der Waals surface area (Å²) in [7, 11) is 0. The Morgan fingerprint density at radius 2 is 1.81 bits per heavy atom. The third-order valence-electron chi connectivity index (χ3n) is 4.22. The number of nitrogens with zero attached hydrogens (tertiary/aromatic N) is 2. The van der Waals surface area contributed by atoms with Crippen molar-refractivity contribution in [1.82, 2.24) is 10.5 Å². The molecular weight excluding hydrogens is 262 g/mol. The minimum Gasteiger partial charge on any atom is -0.372 e. The molecule has 1 saturated heterocycles. The molecule has 0 spiro atoms. The Bertz CT molecular complexity index is 563. The Labute approximate surface area is 126 Å². The van der Waals surface area contributed by atoms with Crippen LogP contribution >= 0.6 is 0 Å². The second-order valence-corrected chi connectivity index (χ2v) is 5.77. The molecule has 0 amide bonds. The number of hydrogen-bond donors (Lipinski definition) is 1. The average Bonchev–Trinajstić information content (AvgIpc) is 3.13. The van der Waals surface area contributed by atoms with Crippen LogP contribution in [0.5, 0.6) is 0 Å². The van der Waals surface area contributed by atoms with Gasteiger partial charge >= 0.3 is 0 Å². The van der Waals surface area contributed by atoms with E-state index in [1.807, 2.05) is 13.8 Å². The SMILES string of the molecule is Cc1noc(C)c1CNCc1ccc(N2CCCC2)cc1. The van der Waals surface area contributed by atoms with Gasteiger partial charge in [-0.25, -0.2) is 0 Å². The van der Waals surface area contributed by atoms with Gasteiger partial charge in [-0.3, -0.25) is 0 Å². The first-order chi connectivity index (χ1) is 10.2. The first-order valence-electron chi connectivity index (χ1n) is 7.70. The van der Waals surface area contributed by atoms with E-state index in [4.69, 9.17) is 4.52 Å². The summed E-state index contributed by atoms with van der Waals surface area (Å²) in [5.74, 6) is 0.907. The molecule has 1 aromatic heterocycles. The van der Waals surface area contributed by atoms with Gasteiger partial charge in [0.2, 0.25) is 0 Å². The summed E-state index contributed by atoms with van der Waals surface area (Å²) >= 11 is 0. The van der Waals surface area contributed by atoms with E-state index in [1.54, 1.807) is 0 Å². The highest BCUT2D eigenvalue weighted by Gasteiger charge is 2.12. The number of hydrogen-bond acceptors (Lipinski definition) is 4. The predicted molar refractivity (Wildman–Crippen MR) is 84.4 cm³/mol. The highest BCUT2D eigenvalue weighted by atomic mass is 16.5. The second-order valence-electron chi connectivity index (χ2n) is 5.77. The van der Waals surface area contributed by atoms with Gasteiger partial charge in [-0.15, -0.1) is 0 Å². The highest BCUT2D eigenvalue weighted by Crippen LogP contribution is 2.20. The Morgan fingerprint density at radius 3 is 2.43 bits per heavy atom. The monoisotopic (exact) mass is 285 g/mol. The number of anilines is 1. The molecule has 112 valence electrons. The molecule has 0 saturated carbocycles. The maximum absolute atomic E-state index is 5.18. The third kappa shape index (κ3) is 3.27. The highest BCUT2D eigenvalue weighted by molar-refractivity contribution is 5.48. The molecule has 1 aliphatic rings. The zero-order chi connectivity index (χ0) is 14.7. The van der Waals surface area contributed by atoms with Gasteiger partial charge in [-0.2, -0.15) is 0 Å². The summed E-state index contributed by atoms with van der Waals surface area (Å²) in [5.41, 5.74) is 4.81. The van der Waals surface area contributed by atoms with Crippen LogP contribution in [0.2, 0.25) is 0 Å². The lowest BCUT2D eigenvalue weighted by Crippen LogP contribution is -2.17. The van der Waals surface area contributed by atoms with Crippen molar-refractivity contribution in [1.29, 1.82) is 0 Å². The molecule has 1 aromatic carbocycles. The zero-order valence-electron chi connectivity index (χ0n) is 12.9. The number of benzene rings is 1. The minimum atomic E-state index is 0.801. The Morgan fingerprint density at radius 1 is 1.10 bits per heavy atom. The minimum absolute atomic E-state index is 0.801. The quantitative estimate of drug-likeness (QED) is 0.916. The predicted octanol–water partition coefficient (Wildman–Crippen LogP) is 3.18. The fourth-order valence-electron chi connectivity index (χ4n) is 2.89. The molecular formula is C17H23N3O. The van der Waals surface area contributed by atoms with Crippen molar-refractivity contribution in [2.45, 2.75) is 39.8 Å². The van der Waals surface area contributed by atoms with Gasteiger partial charge in [0, 0.05) is 37.4 Å². The van der Waals surface area contributed by atoms with Crippen LogP contribution in [0, 0.1) is 13.8 Å². The summed E-state index contributed by atoms with van der Waals surface area (Å²) in [6.45, 7) is 8.01. The molecule has 0 atom stereocenters. The fourth-order valence-corrected chi connectivity index (χ4v) is 2.89. The lowest BCUT2D eigenvalue weighted by Gasteiger charge is -2.17. The molecule has 1 fully saturated rings. The first-order valence-corrected chi connectivity index (χ1v) is 7.70. The van der Waals surface area contributed by atoms with Crippen LogP contribution in [0.15, 0.2) is 28.8 Å². The Kier molecular flexibility index (Phi) is 4.25. The molecule has 1 N–H and O–H groups in total. The van der Waals surface area contributed by atoms with Crippen LogP contribution in [-0.2, 0) is 13.1 Å². The molecule has 21 heavy (non-hydrogen) atoms. The van der Waals surface area contributed by atoms with Crippen molar-refractivity contribution in [3.8, 4) is 0 Å². The van der Waals surface area contributed by atoms with E-state index in [9.17, 15) is 0 Å². The maximum Gasteiger partial charge on any atom is 0.138 e. The molecule has 0 radical (unpaired) electrons. The third-order valence-corrected chi connectivity index (χ3v) is 4.22. The maximum atomic E-state index is 5.18. The molecule has 4 nitrogen and oxygen atoms in total. The van der Waals surface area contributed by atoms with Crippen molar-refractivity contribution >= 4 is 5.69 Å². The number of aryl methyl sites for hydroxylation is 2. The van der Waals surface area contributed by atoms with Crippen LogP contribution in [-0.4, -0.2) is 18.2 Å². The van der Waals surface area contributed by atoms with E-state index in [2.05, 4.69) is 39.6 Å². The molecule has 1 aliphatic heterocycles. The van der Waals surface area contributed by atoms with Gasteiger partial charge in [-0.1, -0.05) is 17.3 Å². The Hall–Kier alpha value is -1.81. The van der Waals surface area contributed by atoms with E-state index < -0.39 is 0 Å². The Balaban J connectivity index is 1.53. The van der Waals surface area contributed by atoms with Crippen molar-refractivity contribution < 1.29 is 4.52 Å². The normalized spacial score (nSPS) is 14.9. The van der Waals surface area contributed by atoms with Gasteiger partial charge in [0.15, 0.2) is 0 Å². The fraction of sp³-hybridized carbons (Fsp3) is 0.471. The smallest absolute Gasteiger partial charge is 0.138 e. The largest absolute Gasteiger partial charge is 0.372 e. The topological polar surface area (TPSA) is 41.3 Å². The van der Waals surface area contributed by atoms with E-state index >= 15 is 0 Å². The number of rotatable bonds is 5. The van der Waals surface area contributed by atoms with Crippen LogP contribution in [0.1, 0.15) is 35.4 Å². The van der Waals surface area contributed by atoms with E-state index in [0.717, 1.165) is 24.5 Å². The molecule has 0 unspecified atom stereocenters.